The van der Waals surface area contributed by atoms with Crippen LogP contribution in [0.3, 0.4) is 0 Å². The van der Waals surface area contributed by atoms with Crippen LogP contribution >= 0.6 is 11.6 Å². The largest absolute Gasteiger partial charge is 0.264 e. The fourth-order valence-electron chi connectivity index (χ4n) is 4.81. The molecule has 0 aliphatic heterocycles. The third kappa shape index (κ3) is 1.50. The third-order valence-electron chi connectivity index (χ3n) is 5.70. The highest BCUT2D eigenvalue weighted by Gasteiger charge is 2.52. The second kappa shape index (κ2) is 4.80. The van der Waals surface area contributed by atoms with Crippen LogP contribution in [0.25, 0.3) is 22.4 Å². The minimum absolute atomic E-state index is 0.371. The molecule has 0 N–H and O–H groups in total. The van der Waals surface area contributed by atoms with E-state index in [1.807, 2.05) is 36.8 Å². The van der Waals surface area contributed by atoms with Gasteiger partial charge in [0.15, 0.2) is 0 Å². The smallest absolute Gasteiger partial charge is 0.0756 e. The molecule has 1 unspecified atom stereocenters. The van der Waals surface area contributed by atoms with Gasteiger partial charge in [-0.2, -0.15) is 0 Å². The van der Waals surface area contributed by atoms with Crippen molar-refractivity contribution in [3.63, 3.8) is 0 Å². The van der Waals surface area contributed by atoms with E-state index in [2.05, 4.69) is 47.4 Å². The number of nitrogens with zero attached hydrogens (tertiary/aromatic N) is 2. The van der Waals surface area contributed by atoms with Crippen LogP contribution in [0.4, 0.5) is 0 Å². The minimum Gasteiger partial charge on any atom is -0.264 e. The maximum absolute atomic E-state index is 6.35. The van der Waals surface area contributed by atoms with E-state index in [-0.39, 0.29) is 5.41 Å². The van der Waals surface area contributed by atoms with Crippen LogP contribution in [-0.2, 0) is 5.41 Å². The van der Waals surface area contributed by atoms with Crippen LogP contribution in [0.2, 0.25) is 5.02 Å². The second-order valence-electron chi connectivity index (χ2n) is 6.81. The second-order valence-corrected chi connectivity index (χ2v) is 7.24. The molecular formula is C23H13ClN2. The lowest BCUT2D eigenvalue weighted by Gasteiger charge is -2.29. The Balaban J connectivity index is 1.87. The van der Waals surface area contributed by atoms with Crippen LogP contribution in [0, 0.1) is 0 Å². The van der Waals surface area contributed by atoms with Crippen LogP contribution < -0.4 is 0 Å². The molecule has 2 aliphatic rings. The molecule has 4 aromatic rings. The summed E-state index contributed by atoms with van der Waals surface area (Å²) in [4.78, 5) is 9.20. The van der Waals surface area contributed by atoms with Crippen LogP contribution in [0.1, 0.15) is 22.3 Å². The Kier molecular flexibility index (Phi) is 2.63. The topological polar surface area (TPSA) is 25.8 Å². The number of hydrogen-bond donors (Lipinski definition) is 0. The van der Waals surface area contributed by atoms with Gasteiger partial charge in [-0.15, -0.1) is 0 Å². The Labute approximate surface area is 156 Å². The molecule has 0 amide bonds. The highest BCUT2D eigenvalue weighted by atomic mass is 35.5. The first-order chi connectivity index (χ1) is 12.8. The van der Waals surface area contributed by atoms with Gasteiger partial charge in [-0.1, -0.05) is 48.0 Å². The van der Waals surface area contributed by atoms with Crippen molar-refractivity contribution in [3.05, 3.63) is 107 Å². The quantitative estimate of drug-likeness (QED) is 0.362. The Hall–Kier alpha value is -2.97. The van der Waals surface area contributed by atoms with Gasteiger partial charge in [0, 0.05) is 29.2 Å². The molecule has 2 aromatic heterocycles. The number of fused-ring (bicyclic) bond motifs is 10. The molecule has 0 radical (unpaired) electrons. The van der Waals surface area contributed by atoms with E-state index in [1.165, 1.54) is 33.4 Å². The highest BCUT2D eigenvalue weighted by Crippen LogP contribution is 2.62. The zero-order valence-electron chi connectivity index (χ0n) is 13.8. The van der Waals surface area contributed by atoms with Gasteiger partial charge in [0.25, 0.3) is 0 Å². The number of rotatable bonds is 0. The molecular weight excluding hydrogens is 340 g/mol. The molecule has 0 saturated carbocycles. The highest BCUT2D eigenvalue weighted by molar-refractivity contribution is 6.31. The van der Waals surface area contributed by atoms with E-state index in [0.29, 0.717) is 0 Å². The van der Waals surface area contributed by atoms with Crippen LogP contribution in [0.5, 0.6) is 0 Å². The molecule has 1 spiro atoms. The Bertz CT molecular complexity index is 1170. The Morgan fingerprint density at radius 2 is 1.50 bits per heavy atom. The van der Waals surface area contributed by atoms with E-state index in [0.717, 1.165) is 16.3 Å². The minimum atomic E-state index is -0.371. The molecule has 1 atom stereocenters. The number of halogens is 1. The Morgan fingerprint density at radius 3 is 2.46 bits per heavy atom. The van der Waals surface area contributed by atoms with Crippen LogP contribution in [0.15, 0.2) is 79.3 Å². The first kappa shape index (κ1) is 14.2. The summed E-state index contributed by atoms with van der Waals surface area (Å²) in [6.07, 6.45) is 5.74. The van der Waals surface area contributed by atoms with Gasteiger partial charge < -0.3 is 0 Å². The summed E-state index contributed by atoms with van der Waals surface area (Å²) in [5.41, 5.74) is 9.21. The summed E-state index contributed by atoms with van der Waals surface area (Å²) < 4.78 is 0. The zero-order valence-corrected chi connectivity index (χ0v) is 14.5. The lowest BCUT2D eigenvalue weighted by molar-refractivity contribution is 0.786. The fourth-order valence-corrected chi connectivity index (χ4v) is 4.98. The average Bonchev–Trinajstić information content (AvgIpc) is 3.15. The molecule has 0 saturated heterocycles. The van der Waals surface area contributed by atoms with E-state index in [1.54, 1.807) is 0 Å². The van der Waals surface area contributed by atoms with Crippen molar-refractivity contribution in [2.75, 3.05) is 0 Å². The van der Waals surface area contributed by atoms with Gasteiger partial charge in [-0.25, -0.2) is 0 Å². The van der Waals surface area contributed by atoms with Crippen molar-refractivity contribution in [2.45, 2.75) is 5.41 Å². The Morgan fingerprint density at radius 1 is 0.692 bits per heavy atom. The molecule has 0 fully saturated rings. The van der Waals surface area contributed by atoms with E-state index < -0.39 is 0 Å². The number of pyridine rings is 2. The van der Waals surface area contributed by atoms with Crippen molar-refractivity contribution in [2.24, 2.45) is 0 Å². The molecule has 2 aromatic carbocycles. The monoisotopic (exact) mass is 352 g/mol. The van der Waals surface area contributed by atoms with E-state index >= 15 is 0 Å². The fraction of sp³-hybridized carbons (Fsp3) is 0.0435. The van der Waals surface area contributed by atoms with Gasteiger partial charge in [-0.05, 0) is 57.6 Å². The van der Waals surface area contributed by atoms with Gasteiger partial charge in [0.05, 0.1) is 11.1 Å². The van der Waals surface area contributed by atoms with Crippen LogP contribution in [-0.4, -0.2) is 9.97 Å². The maximum atomic E-state index is 6.35. The van der Waals surface area contributed by atoms with Crippen molar-refractivity contribution >= 4 is 11.6 Å². The normalized spacial score (nSPS) is 18.3. The predicted octanol–water partition coefficient (Wildman–Crippen LogP) is 5.47. The maximum Gasteiger partial charge on any atom is 0.0756 e. The lowest BCUT2D eigenvalue weighted by Crippen LogP contribution is -2.26. The van der Waals surface area contributed by atoms with Gasteiger partial charge in [0.2, 0.25) is 0 Å². The summed E-state index contributed by atoms with van der Waals surface area (Å²) in [6, 6.07) is 21.1. The number of aromatic nitrogens is 2. The van der Waals surface area contributed by atoms with Crippen molar-refractivity contribution in [3.8, 4) is 22.4 Å². The third-order valence-corrected chi connectivity index (χ3v) is 5.93. The number of hydrogen-bond acceptors (Lipinski definition) is 2. The molecule has 0 bridgehead atoms. The first-order valence-corrected chi connectivity index (χ1v) is 9.00. The summed E-state index contributed by atoms with van der Waals surface area (Å²) in [7, 11) is 0. The van der Waals surface area contributed by atoms with Gasteiger partial charge >= 0.3 is 0 Å². The zero-order chi connectivity index (χ0) is 17.3. The van der Waals surface area contributed by atoms with Gasteiger partial charge in [0.1, 0.15) is 0 Å². The summed E-state index contributed by atoms with van der Waals surface area (Å²) >= 11 is 6.35. The number of benzene rings is 2. The molecule has 2 aliphatic carbocycles. The molecule has 26 heavy (non-hydrogen) atoms. The van der Waals surface area contributed by atoms with Crippen molar-refractivity contribution < 1.29 is 0 Å². The lowest BCUT2D eigenvalue weighted by atomic mass is 9.71. The summed E-state index contributed by atoms with van der Waals surface area (Å²) in [5, 5.41) is 0.732. The molecule has 6 rings (SSSR count). The van der Waals surface area contributed by atoms with Crippen molar-refractivity contribution in [1.29, 1.82) is 0 Å². The molecule has 122 valence electrons. The van der Waals surface area contributed by atoms with Gasteiger partial charge in [-0.3, -0.25) is 9.97 Å². The molecule has 3 heteroatoms. The standard InChI is InChI=1S/C23H13ClN2/c24-14-7-8-19-17(12-14)22-20(6-3-10-26-22)23(19)18-5-2-1-4-15(18)16-9-11-25-13-21(16)23/h1-13H. The predicted molar refractivity (Wildman–Crippen MR) is 103 cm³/mol. The molecule has 2 heterocycles. The SMILES string of the molecule is Clc1ccc2c(c1)-c1ncccc1C21c2ccccc2-c2ccncc21. The summed E-state index contributed by atoms with van der Waals surface area (Å²) in [5.74, 6) is 0. The average molecular weight is 353 g/mol. The van der Waals surface area contributed by atoms with E-state index in [4.69, 9.17) is 16.6 Å². The summed E-state index contributed by atoms with van der Waals surface area (Å²) in [6.45, 7) is 0. The first-order valence-electron chi connectivity index (χ1n) is 8.62. The van der Waals surface area contributed by atoms with E-state index in [9.17, 15) is 0 Å². The van der Waals surface area contributed by atoms with Crippen molar-refractivity contribution in [1.82, 2.24) is 9.97 Å². The molecule has 2 nitrogen and oxygen atoms in total.